The number of rotatable bonds is 4. The van der Waals surface area contributed by atoms with Gasteiger partial charge in [0.05, 0.1) is 12.0 Å². The first-order valence-corrected chi connectivity index (χ1v) is 6.87. The van der Waals surface area contributed by atoms with E-state index >= 15 is 0 Å². The van der Waals surface area contributed by atoms with Crippen LogP contribution >= 0.6 is 11.8 Å². The Bertz CT molecular complexity index is 453. The van der Waals surface area contributed by atoms with Crippen molar-refractivity contribution in [2.75, 3.05) is 18.2 Å². The molecule has 1 aromatic carbocycles. The van der Waals surface area contributed by atoms with E-state index in [1.807, 2.05) is 17.8 Å². The van der Waals surface area contributed by atoms with Gasteiger partial charge in [0.15, 0.2) is 5.75 Å². The van der Waals surface area contributed by atoms with Crippen molar-refractivity contribution in [2.45, 2.75) is 24.6 Å². The van der Waals surface area contributed by atoms with Gasteiger partial charge in [-0.15, -0.1) is 0 Å². The number of thioether (sulfide) groups is 1. The van der Waals surface area contributed by atoms with Crippen LogP contribution in [0.4, 0.5) is 11.4 Å². The second-order valence-corrected chi connectivity index (χ2v) is 5.74. The molecule has 1 aliphatic rings. The number of nitrogens with one attached hydrogen (secondary N) is 1. The van der Waals surface area contributed by atoms with Crippen molar-refractivity contribution in [1.82, 2.24) is 0 Å². The van der Waals surface area contributed by atoms with Gasteiger partial charge in [-0.05, 0) is 24.3 Å². The lowest BCUT2D eigenvalue weighted by atomic mass is 10.1. The average Bonchev–Trinajstić information content (AvgIpc) is 2.75. The predicted octanol–water partition coefficient (Wildman–Crippen LogP) is 2.91. The van der Waals surface area contributed by atoms with Gasteiger partial charge in [-0.25, -0.2) is 0 Å². The highest BCUT2D eigenvalue weighted by atomic mass is 32.2. The van der Waals surface area contributed by atoms with Gasteiger partial charge in [-0.3, -0.25) is 10.1 Å². The molecule has 0 bridgehead atoms. The summed E-state index contributed by atoms with van der Waals surface area (Å²) in [5.74, 6) is 1.43. The van der Waals surface area contributed by atoms with Crippen molar-refractivity contribution >= 4 is 23.1 Å². The molecule has 2 rings (SSSR count). The summed E-state index contributed by atoms with van der Waals surface area (Å²) in [4.78, 5) is 10.5. The lowest BCUT2D eigenvalue weighted by Crippen LogP contribution is -2.24. The summed E-state index contributed by atoms with van der Waals surface area (Å²) in [5.41, 5.74) is 0.780. The van der Waals surface area contributed by atoms with Gasteiger partial charge in [-0.1, -0.05) is 6.92 Å². The van der Waals surface area contributed by atoms with Gasteiger partial charge < -0.3 is 10.1 Å². The third-order valence-electron chi connectivity index (χ3n) is 3.10. The van der Waals surface area contributed by atoms with Gasteiger partial charge in [0.25, 0.3) is 0 Å². The van der Waals surface area contributed by atoms with E-state index < -0.39 is 4.92 Å². The van der Waals surface area contributed by atoms with Crippen LogP contribution < -0.4 is 10.1 Å². The fourth-order valence-electron chi connectivity index (χ4n) is 2.06. The Morgan fingerprint density at radius 3 is 2.89 bits per heavy atom. The van der Waals surface area contributed by atoms with Gasteiger partial charge in [0.1, 0.15) is 0 Å². The molecule has 0 radical (unpaired) electrons. The second-order valence-electron chi connectivity index (χ2n) is 4.26. The summed E-state index contributed by atoms with van der Waals surface area (Å²) >= 11 is 1.92. The van der Waals surface area contributed by atoms with E-state index in [2.05, 4.69) is 12.2 Å². The van der Waals surface area contributed by atoms with Crippen LogP contribution in [-0.4, -0.2) is 29.1 Å². The molecule has 1 aromatic rings. The largest absolute Gasteiger partial charge is 0.490 e. The van der Waals surface area contributed by atoms with E-state index in [-0.39, 0.29) is 5.69 Å². The first-order chi connectivity index (χ1) is 8.61. The third kappa shape index (κ3) is 2.69. The van der Waals surface area contributed by atoms with E-state index in [9.17, 15) is 10.1 Å². The SMILES string of the molecule is COc1ccc(NC2CCSC2C)cc1[N+](=O)[O-]. The van der Waals surface area contributed by atoms with E-state index in [4.69, 9.17) is 4.74 Å². The van der Waals surface area contributed by atoms with Crippen LogP contribution in [-0.2, 0) is 0 Å². The number of ether oxygens (including phenoxy) is 1. The molecule has 0 aliphatic carbocycles. The second kappa shape index (κ2) is 5.48. The summed E-state index contributed by atoms with van der Waals surface area (Å²) in [5, 5.41) is 14.8. The Kier molecular flexibility index (Phi) is 3.96. The minimum atomic E-state index is -0.420. The van der Waals surface area contributed by atoms with Crippen molar-refractivity contribution < 1.29 is 9.66 Å². The maximum absolute atomic E-state index is 10.9. The zero-order valence-corrected chi connectivity index (χ0v) is 11.2. The lowest BCUT2D eigenvalue weighted by molar-refractivity contribution is -0.385. The fourth-order valence-corrected chi connectivity index (χ4v) is 3.26. The number of benzene rings is 1. The van der Waals surface area contributed by atoms with E-state index in [1.165, 1.54) is 13.2 Å². The van der Waals surface area contributed by atoms with Crippen molar-refractivity contribution in [1.29, 1.82) is 0 Å². The Balaban J connectivity index is 2.18. The first kappa shape index (κ1) is 13.0. The zero-order chi connectivity index (χ0) is 13.1. The fraction of sp³-hybridized carbons (Fsp3) is 0.500. The van der Waals surface area contributed by atoms with Crippen LogP contribution in [0.5, 0.6) is 5.75 Å². The Morgan fingerprint density at radius 1 is 1.56 bits per heavy atom. The van der Waals surface area contributed by atoms with Gasteiger partial charge in [-0.2, -0.15) is 11.8 Å². The molecule has 0 amide bonds. The Hall–Kier alpha value is -1.43. The summed E-state index contributed by atoms with van der Waals surface area (Å²) < 4.78 is 4.98. The molecular formula is C12H16N2O3S. The Morgan fingerprint density at radius 2 is 2.33 bits per heavy atom. The van der Waals surface area contributed by atoms with Crippen LogP contribution in [0.15, 0.2) is 18.2 Å². The van der Waals surface area contributed by atoms with Gasteiger partial charge in [0.2, 0.25) is 0 Å². The van der Waals surface area contributed by atoms with Crippen molar-refractivity contribution in [2.24, 2.45) is 0 Å². The van der Waals surface area contributed by atoms with E-state index in [0.717, 1.165) is 17.9 Å². The molecule has 1 heterocycles. The molecule has 6 heteroatoms. The standard InChI is InChI=1S/C12H16N2O3S/c1-8-10(5-6-18-8)13-9-3-4-12(17-2)11(7-9)14(15)16/h3-4,7-8,10,13H,5-6H2,1-2H3. The highest BCUT2D eigenvalue weighted by Crippen LogP contribution is 2.33. The maximum atomic E-state index is 10.9. The lowest BCUT2D eigenvalue weighted by Gasteiger charge is -2.18. The predicted molar refractivity (Wildman–Crippen MR) is 73.6 cm³/mol. The van der Waals surface area contributed by atoms with Crippen LogP contribution in [0.1, 0.15) is 13.3 Å². The number of nitro groups is 1. The highest BCUT2D eigenvalue weighted by Gasteiger charge is 2.24. The Labute approximate surface area is 110 Å². The van der Waals surface area contributed by atoms with Gasteiger partial charge in [0, 0.05) is 23.0 Å². The number of methoxy groups -OCH3 is 1. The zero-order valence-electron chi connectivity index (χ0n) is 10.4. The molecular weight excluding hydrogens is 252 g/mol. The van der Waals surface area contributed by atoms with Crippen molar-refractivity contribution in [3.63, 3.8) is 0 Å². The van der Waals surface area contributed by atoms with E-state index in [0.29, 0.717) is 17.0 Å². The molecule has 0 aromatic heterocycles. The quantitative estimate of drug-likeness (QED) is 0.672. The van der Waals surface area contributed by atoms with Crippen molar-refractivity contribution in [3.8, 4) is 5.75 Å². The molecule has 1 fully saturated rings. The number of anilines is 1. The van der Waals surface area contributed by atoms with Crippen molar-refractivity contribution in [3.05, 3.63) is 28.3 Å². The molecule has 0 saturated carbocycles. The minimum Gasteiger partial charge on any atom is -0.490 e. The average molecular weight is 268 g/mol. The third-order valence-corrected chi connectivity index (χ3v) is 4.43. The van der Waals surface area contributed by atoms with Gasteiger partial charge >= 0.3 is 5.69 Å². The topological polar surface area (TPSA) is 64.4 Å². The first-order valence-electron chi connectivity index (χ1n) is 5.82. The molecule has 1 aliphatic heterocycles. The molecule has 0 spiro atoms. The normalized spacial score (nSPS) is 22.8. The molecule has 1 saturated heterocycles. The summed E-state index contributed by atoms with van der Waals surface area (Å²) in [6, 6.07) is 5.37. The van der Waals surface area contributed by atoms with E-state index in [1.54, 1.807) is 6.07 Å². The maximum Gasteiger partial charge on any atom is 0.312 e. The molecule has 2 atom stereocenters. The molecule has 18 heavy (non-hydrogen) atoms. The number of hydrogen-bond donors (Lipinski definition) is 1. The van der Waals surface area contributed by atoms with Crippen LogP contribution in [0, 0.1) is 10.1 Å². The van der Waals surface area contributed by atoms with Crippen LogP contribution in [0.2, 0.25) is 0 Å². The number of nitro benzene ring substituents is 1. The summed E-state index contributed by atoms with van der Waals surface area (Å²) in [7, 11) is 1.44. The summed E-state index contributed by atoms with van der Waals surface area (Å²) in [6.07, 6.45) is 1.09. The monoisotopic (exact) mass is 268 g/mol. The summed E-state index contributed by atoms with van der Waals surface area (Å²) in [6.45, 7) is 2.17. The molecule has 1 N–H and O–H groups in total. The molecule has 2 unspecified atom stereocenters. The smallest absolute Gasteiger partial charge is 0.312 e. The van der Waals surface area contributed by atoms with Crippen LogP contribution in [0.3, 0.4) is 0 Å². The molecule has 5 nitrogen and oxygen atoms in total. The number of hydrogen-bond acceptors (Lipinski definition) is 5. The van der Waals surface area contributed by atoms with Crippen LogP contribution in [0.25, 0.3) is 0 Å². The highest BCUT2D eigenvalue weighted by molar-refractivity contribution is 8.00. The molecule has 98 valence electrons. The minimum absolute atomic E-state index is 0.000744. The number of nitrogens with zero attached hydrogens (tertiary/aromatic N) is 1.